The molecule has 0 aliphatic rings. The number of nitrogens with zero attached hydrogens (tertiary/aromatic N) is 2. The van der Waals surface area contributed by atoms with Crippen molar-refractivity contribution in [3.05, 3.63) is 33.8 Å². The van der Waals surface area contributed by atoms with Gasteiger partial charge >= 0.3 is 0 Å². The molecule has 90 valence electrons. The molecule has 0 atom stereocenters. The van der Waals surface area contributed by atoms with E-state index in [4.69, 9.17) is 0 Å². The SMILES string of the molecule is Cc1nc(-c2nc(C)c(C)c(C)c2C)[nH]c1C. The second-order valence-corrected chi connectivity index (χ2v) is 4.72. The fourth-order valence-corrected chi connectivity index (χ4v) is 1.96. The van der Waals surface area contributed by atoms with Crippen LogP contribution in [0.2, 0.25) is 0 Å². The topological polar surface area (TPSA) is 41.6 Å². The summed E-state index contributed by atoms with van der Waals surface area (Å²) in [5.74, 6) is 0.878. The van der Waals surface area contributed by atoms with Gasteiger partial charge in [-0.25, -0.2) is 9.97 Å². The molecule has 0 radical (unpaired) electrons. The molecule has 3 nitrogen and oxygen atoms in total. The first-order valence-electron chi connectivity index (χ1n) is 5.89. The second-order valence-electron chi connectivity index (χ2n) is 4.72. The van der Waals surface area contributed by atoms with Gasteiger partial charge in [-0.2, -0.15) is 0 Å². The van der Waals surface area contributed by atoms with Crippen LogP contribution in [0.3, 0.4) is 0 Å². The Kier molecular flexibility index (Phi) is 2.77. The molecule has 3 heteroatoms. The van der Waals surface area contributed by atoms with Gasteiger partial charge in [0.15, 0.2) is 5.82 Å². The second kappa shape index (κ2) is 3.99. The van der Waals surface area contributed by atoms with Crippen molar-refractivity contribution in [1.82, 2.24) is 15.0 Å². The molecule has 0 aliphatic carbocycles. The molecule has 0 amide bonds. The van der Waals surface area contributed by atoms with E-state index >= 15 is 0 Å². The van der Waals surface area contributed by atoms with Crippen molar-refractivity contribution in [2.45, 2.75) is 41.5 Å². The summed E-state index contributed by atoms with van der Waals surface area (Å²) in [7, 11) is 0. The molecule has 0 bridgehead atoms. The molecule has 2 aromatic rings. The maximum atomic E-state index is 4.66. The summed E-state index contributed by atoms with van der Waals surface area (Å²) >= 11 is 0. The van der Waals surface area contributed by atoms with Gasteiger partial charge in [-0.3, -0.25) is 0 Å². The van der Waals surface area contributed by atoms with Crippen molar-refractivity contribution in [2.75, 3.05) is 0 Å². The number of aryl methyl sites for hydroxylation is 3. The van der Waals surface area contributed by atoms with Crippen LogP contribution < -0.4 is 0 Å². The molecular weight excluding hydrogens is 210 g/mol. The highest BCUT2D eigenvalue weighted by Crippen LogP contribution is 2.25. The summed E-state index contributed by atoms with van der Waals surface area (Å²) in [6.45, 7) is 12.5. The zero-order chi connectivity index (χ0) is 12.7. The largest absolute Gasteiger partial charge is 0.341 e. The highest BCUT2D eigenvalue weighted by Gasteiger charge is 2.13. The first-order valence-corrected chi connectivity index (χ1v) is 5.89. The smallest absolute Gasteiger partial charge is 0.156 e. The van der Waals surface area contributed by atoms with Gasteiger partial charge in [-0.15, -0.1) is 0 Å². The van der Waals surface area contributed by atoms with Gasteiger partial charge in [-0.05, 0) is 58.2 Å². The number of H-pyrrole nitrogens is 1. The molecule has 0 saturated heterocycles. The summed E-state index contributed by atoms with van der Waals surface area (Å²) in [5.41, 5.74) is 7.98. The third kappa shape index (κ3) is 1.86. The number of hydrogen-bond acceptors (Lipinski definition) is 2. The normalized spacial score (nSPS) is 10.9. The minimum atomic E-state index is 0.878. The number of hydrogen-bond donors (Lipinski definition) is 1. The summed E-state index contributed by atoms with van der Waals surface area (Å²) < 4.78 is 0. The Balaban J connectivity index is 2.68. The zero-order valence-electron chi connectivity index (χ0n) is 11.4. The minimum Gasteiger partial charge on any atom is -0.341 e. The average molecular weight is 229 g/mol. The molecule has 0 unspecified atom stereocenters. The quantitative estimate of drug-likeness (QED) is 0.815. The number of nitrogens with one attached hydrogen (secondary N) is 1. The van der Waals surface area contributed by atoms with Crippen molar-refractivity contribution in [3.63, 3.8) is 0 Å². The lowest BCUT2D eigenvalue weighted by molar-refractivity contribution is 1.07. The van der Waals surface area contributed by atoms with Crippen LogP contribution in [0.1, 0.15) is 33.8 Å². The molecule has 2 heterocycles. The Labute approximate surface area is 102 Å². The molecule has 0 aromatic carbocycles. The predicted molar refractivity (Wildman–Crippen MR) is 70.2 cm³/mol. The summed E-state index contributed by atoms with van der Waals surface area (Å²) in [4.78, 5) is 12.5. The first-order chi connectivity index (χ1) is 7.91. The molecule has 17 heavy (non-hydrogen) atoms. The number of imidazole rings is 1. The Morgan fingerprint density at radius 1 is 0.706 bits per heavy atom. The van der Waals surface area contributed by atoms with E-state index in [1.165, 1.54) is 16.7 Å². The summed E-state index contributed by atoms with van der Waals surface area (Å²) in [6.07, 6.45) is 0. The van der Waals surface area contributed by atoms with Crippen LogP contribution in [0.5, 0.6) is 0 Å². The lowest BCUT2D eigenvalue weighted by Crippen LogP contribution is -2.00. The maximum absolute atomic E-state index is 4.66. The Bertz CT molecular complexity index is 560. The third-order valence-electron chi connectivity index (χ3n) is 3.65. The molecular formula is C14H19N3. The summed E-state index contributed by atoms with van der Waals surface area (Å²) in [6, 6.07) is 0. The lowest BCUT2D eigenvalue weighted by atomic mass is 10.0. The molecule has 0 aliphatic heterocycles. The van der Waals surface area contributed by atoms with Crippen molar-refractivity contribution in [3.8, 4) is 11.5 Å². The fraction of sp³-hybridized carbons (Fsp3) is 0.429. The number of aromatic amines is 1. The standard InChI is InChI=1S/C14H19N3/c1-7-8(2)10(4)15-13(9(7)3)14-16-11(5)12(6)17-14/h1-6H3,(H,16,17). The van der Waals surface area contributed by atoms with E-state index in [1.54, 1.807) is 0 Å². The van der Waals surface area contributed by atoms with Crippen LogP contribution in [0, 0.1) is 41.5 Å². The van der Waals surface area contributed by atoms with Gasteiger partial charge in [0.2, 0.25) is 0 Å². The molecule has 0 fully saturated rings. The van der Waals surface area contributed by atoms with Crippen LogP contribution >= 0.6 is 0 Å². The first kappa shape index (κ1) is 11.8. The lowest BCUT2D eigenvalue weighted by Gasteiger charge is -2.11. The van der Waals surface area contributed by atoms with E-state index in [9.17, 15) is 0 Å². The van der Waals surface area contributed by atoms with Gasteiger partial charge in [0.25, 0.3) is 0 Å². The van der Waals surface area contributed by atoms with Crippen LogP contribution in [-0.4, -0.2) is 15.0 Å². The van der Waals surface area contributed by atoms with E-state index in [0.717, 1.165) is 28.6 Å². The van der Waals surface area contributed by atoms with Crippen LogP contribution in [0.4, 0.5) is 0 Å². The predicted octanol–water partition coefficient (Wildman–Crippen LogP) is 3.32. The van der Waals surface area contributed by atoms with Gasteiger partial charge in [0, 0.05) is 11.4 Å². The van der Waals surface area contributed by atoms with Crippen molar-refractivity contribution >= 4 is 0 Å². The van der Waals surface area contributed by atoms with Crippen LogP contribution in [-0.2, 0) is 0 Å². The fourth-order valence-electron chi connectivity index (χ4n) is 1.96. The van der Waals surface area contributed by atoms with E-state index < -0.39 is 0 Å². The van der Waals surface area contributed by atoms with Gasteiger partial charge < -0.3 is 4.98 Å². The molecule has 2 aromatic heterocycles. The van der Waals surface area contributed by atoms with Gasteiger partial charge in [0.05, 0.1) is 5.69 Å². The van der Waals surface area contributed by atoms with Crippen molar-refractivity contribution in [1.29, 1.82) is 0 Å². The highest BCUT2D eigenvalue weighted by atomic mass is 15.0. The van der Waals surface area contributed by atoms with E-state index in [2.05, 4.69) is 35.7 Å². The number of aromatic nitrogens is 3. The van der Waals surface area contributed by atoms with Crippen molar-refractivity contribution in [2.24, 2.45) is 0 Å². The van der Waals surface area contributed by atoms with E-state index in [0.29, 0.717) is 0 Å². The Morgan fingerprint density at radius 2 is 1.35 bits per heavy atom. The van der Waals surface area contributed by atoms with Crippen LogP contribution in [0.15, 0.2) is 0 Å². The Hall–Kier alpha value is -1.64. The van der Waals surface area contributed by atoms with Crippen molar-refractivity contribution < 1.29 is 0 Å². The number of pyridine rings is 1. The monoisotopic (exact) mass is 229 g/mol. The van der Waals surface area contributed by atoms with Crippen LogP contribution in [0.25, 0.3) is 11.5 Å². The Morgan fingerprint density at radius 3 is 1.88 bits per heavy atom. The minimum absolute atomic E-state index is 0.878. The molecule has 1 N–H and O–H groups in total. The third-order valence-corrected chi connectivity index (χ3v) is 3.65. The van der Waals surface area contributed by atoms with Gasteiger partial charge in [-0.1, -0.05) is 0 Å². The zero-order valence-corrected chi connectivity index (χ0v) is 11.4. The molecule has 2 rings (SSSR count). The maximum Gasteiger partial charge on any atom is 0.156 e. The summed E-state index contributed by atoms with van der Waals surface area (Å²) in [5, 5.41) is 0. The van der Waals surface area contributed by atoms with E-state index in [1.807, 2.05) is 20.8 Å². The van der Waals surface area contributed by atoms with E-state index in [-0.39, 0.29) is 0 Å². The molecule has 0 saturated carbocycles. The average Bonchev–Trinajstić information content (AvgIpc) is 2.61. The van der Waals surface area contributed by atoms with Gasteiger partial charge in [0.1, 0.15) is 5.69 Å². The number of rotatable bonds is 1. The molecule has 0 spiro atoms. The highest BCUT2D eigenvalue weighted by molar-refractivity contribution is 5.59.